The second-order valence-corrected chi connectivity index (χ2v) is 5.55. The Bertz CT molecular complexity index is 790. The van der Waals surface area contributed by atoms with Crippen LogP contribution in [0.2, 0.25) is 0 Å². The van der Waals surface area contributed by atoms with Crippen molar-refractivity contribution in [2.45, 2.75) is 6.04 Å². The van der Waals surface area contributed by atoms with Crippen molar-refractivity contribution >= 4 is 17.1 Å². The number of hydrogen-bond donors (Lipinski definition) is 1. The molecular weight excluding hydrogens is 280 g/mol. The van der Waals surface area contributed by atoms with Gasteiger partial charge in [-0.25, -0.2) is 0 Å². The number of aromatic nitrogens is 1. The van der Waals surface area contributed by atoms with Crippen molar-refractivity contribution < 1.29 is 4.79 Å². The van der Waals surface area contributed by atoms with Crippen molar-refractivity contribution in [2.75, 3.05) is 0 Å². The van der Waals surface area contributed by atoms with E-state index in [2.05, 4.69) is 0 Å². The molecule has 3 nitrogen and oxygen atoms in total. The van der Waals surface area contributed by atoms with Gasteiger partial charge in [0.25, 0.3) is 0 Å². The molecule has 0 spiro atoms. The Labute approximate surface area is 126 Å². The van der Waals surface area contributed by atoms with Crippen LogP contribution < -0.4 is 4.80 Å². The van der Waals surface area contributed by atoms with Crippen LogP contribution in [0.5, 0.6) is 0 Å². The molecular formula is C17H14N2OS. The highest BCUT2D eigenvalue weighted by Crippen LogP contribution is 2.22. The van der Waals surface area contributed by atoms with Crippen LogP contribution in [0.4, 0.5) is 0 Å². The molecule has 1 N–H and O–H groups in total. The predicted molar refractivity (Wildman–Crippen MR) is 83.5 cm³/mol. The van der Waals surface area contributed by atoms with Crippen molar-refractivity contribution in [1.29, 1.82) is 5.41 Å². The van der Waals surface area contributed by atoms with Gasteiger partial charge in [0, 0.05) is 17.1 Å². The van der Waals surface area contributed by atoms with Gasteiger partial charge in [0.1, 0.15) is 6.04 Å². The van der Waals surface area contributed by atoms with Crippen molar-refractivity contribution in [3.05, 3.63) is 88.2 Å². The summed E-state index contributed by atoms with van der Waals surface area (Å²) in [4.78, 5) is 13.3. The highest BCUT2D eigenvalue weighted by Gasteiger charge is 2.24. The Hall–Kier alpha value is -2.46. The molecule has 0 bridgehead atoms. The molecule has 0 radical (unpaired) electrons. The molecule has 3 aromatic rings. The summed E-state index contributed by atoms with van der Waals surface area (Å²) in [6, 6.07) is 18.3. The molecule has 0 aliphatic heterocycles. The van der Waals surface area contributed by atoms with Gasteiger partial charge in [0.2, 0.25) is 0 Å². The third-order valence-corrected chi connectivity index (χ3v) is 4.03. The molecule has 0 aliphatic carbocycles. The normalized spacial score (nSPS) is 12.0. The molecule has 2 aromatic carbocycles. The molecule has 1 aromatic heterocycles. The zero-order valence-electron chi connectivity index (χ0n) is 11.3. The average Bonchev–Trinajstić information content (AvgIpc) is 2.95. The van der Waals surface area contributed by atoms with Crippen molar-refractivity contribution in [3.8, 4) is 0 Å². The van der Waals surface area contributed by atoms with Crippen LogP contribution in [-0.4, -0.2) is 10.4 Å². The molecule has 0 saturated carbocycles. The number of nitrogens with one attached hydrogen (secondary N) is 1. The van der Waals surface area contributed by atoms with Crippen LogP contribution in [0, 0.1) is 5.41 Å². The molecule has 0 amide bonds. The van der Waals surface area contributed by atoms with Gasteiger partial charge < -0.3 is 4.57 Å². The summed E-state index contributed by atoms with van der Waals surface area (Å²) in [5, 5.41) is 9.85. The molecule has 0 saturated heterocycles. The van der Waals surface area contributed by atoms with Crippen molar-refractivity contribution in [1.82, 2.24) is 4.57 Å². The second kappa shape index (κ2) is 5.89. The molecule has 1 unspecified atom stereocenters. The van der Waals surface area contributed by atoms with Crippen LogP contribution in [0.15, 0.2) is 72.2 Å². The van der Waals surface area contributed by atoms with Crippen LogP contribution >= 0.6 is 11.3 Å². The minimum absolute atomic E-state index is 0.00120. The number of hydrogen-bond acceptors (Lipinski definition) is 3. The van der Waals surface area contributed by atoms with Crippen LogP contribution in [0.1, 0.15) is 22.0 Å². The van der Waals surface area contributed by atoms with E-state index in [1.165, 1.54) is 11.3 Å². The number of carbonyl (C=O) groups excluding carboxylic acids is 1. The lowest BCUT2D eigenvalue weighted by atomic mass is 9.97. The Morgan fingerprint density at radius 1 is 1.00 bits per heavy atom. The number of carbonyl (C=O) groups is 1. The van der Waals surface area contributed by atoms with Gasteiger partial charge in [-0.2, -0.15) is 0 Å². The van der Waals surface area contributed by atoms with Gasteiger partial charge >= 0.3 is 0 Å². The van der Waals surface area contributed by atoms with Crippen LogP contribution in [0.3, 0.4) is 0 Å². The monoisotopic (exact) mass is 294 g/mol. The quantitative estimate of drug-likeness (QED) is 0.735. The first-order chi connectivity index (χ1) is 10.3. The van der Waals surface area contributed by atoms with Crippen molar-refractivity contribution in [3.63, 3.8) is 0 Å². The fraction of sp³-hybridized carbons (Fsp3) is 0.0588. The minimum Gasteiger partial charge on any atom is -0.309 e. The fourth-order valence-corrected chi connectivity index (χ4v) is 2.94. The Morgan fingerprint density at radius 3 is 2.19 bits per heavy atom. The zero-order chi connectivity index (χ0) is 14.7. The molecule has 1 atom stereocenters. The van der Waals surface area contributed by atoms with Gasteiger partial charge in [-0.15, -0.1) is 11.3 Å². The molecule has 104 valence electrons. The topological polar surface area (TPSA) is 45.9 Å². The maximum Gasteiger partial charge on any atom is 0.190 e. The lowest BCUT2D eigenvalue weighted by Gasteiger charge is -2.18. The highest BCUT2D eigenvalue weighted by atomic mass is 32.1. The lowest BCUT2D eigenvalue weighted by molar-refractivity contribution is 0.0944. The first kappa shape index (κ1) is 13.5. The van der Waals surface area contributed by atoms with Gasteiger partial charge in [-0.1, -0.05) is 60.7 Å². The van der Waals surface area contributed by atoms with E-state index in [4.69, 9.17) is 5.41 Å². The number of thiazole rings is 1. The van der Waals surface area contributed by atoms with Gasteiger partial charge in [0.05, 0.1) is 0 Å². The second-order valence-electron chi connectivity index (χ2n) is 4.66. The standard InChI is InChI=1S/C17H14N2OS/c18-17-19(11-12-21-17)15(13-7-3-1-4-8-13)16(20)14-9-5-2-6-10-14/h1-12,15,18H. The van der Waals surface area contributed by atoms with E-state index in [-0.39, 0.29) is 5.78 Å². The summed E-state index contributed by atoms with van der Waals surface area (Å²) < 4.78 is 1.72. The summed E-state index contributed by atoms with van der Waals surface area (Å²) in [5.41, 5.74) is 1.55. The number of ketones is 1. The van der Waals surface area contributed by atoms with Gasteiger partial charge in [-0.3, -0.25) is 10.2 Å². The summed E-state index contributed by atoms with van der Waals surface area (Å²) in [6.45, 7) is 0. The highest BCUT2D eigenvalue weighted by molar-refractivity contribution is 7.06. The fourth-order valence-electron chi connectivity index (χ4n) is 2.33. The number of Topliss-reactive ketones (excluding diaryl/α,β-unsaturated/α-hetero) is 1. The summed E-state index contributed by atoms with van der Waals surface area (Å²) in [5.74, 6) is -0.00120. The van der Waals surface area contributed by atoms with Crippen molar-refractivity contribution in [2.24, 2.45) is 0 Å². The van der Waals surface area contributed by atoms with Gasteiger partial charge in [-0.05, 0) is 5.56 Å². The maximum absolute atomic E-state index is 12.9. The Kier molecular flexibility index (Phi) is 3.79. The third kappa shape index (κ3) is 2.71. The smallest absolute Gasteiger partial charge is 0.190 e. The summed E-state index contributed by atoms with van der Waals surface area (Å²) >= 11 is 1.32. The van der Waals surface area contributed by atoms with E-state index in [0.717, 1.165) is 5.56 Å². The number of nitrogens with zero attached hydrogens (tertiary/aromatic N) is 1. The molecule has 4 heteroatoms. The molecule has 1 heterocycles. The van der Waals surface area contributed by atoms with Crippen LogP contribution in [0.25, 0.3) is 0 Å². The van der Waals surface area contributed by atoms with E-state index in [1.54, 1.807) is 10.8 Å². The maximum atomic E-state index is 12.9. The molecule has 21 heavy (non-hydrogen) atoms. The summed E-state index contributed by atoms with van der Waals surface area (Å²) in [7, 11) is 0. The van der Waals surface area contributed by atoms with E-state index in [0.29, 0.717) is 10.4 Å². The Morgan fingerprint density at radius 2 is 1.62 bits per heavy atom. The Balaban J connectivity index is 2.12. The lowest BCUT2D eigenvalue weighted by Crippen LogP contribution is -2.27. The van der Waals surface area contributed by atoms with Gasteiger partial charge in [0.15, 0.2) is 10.6 Å². The summed E-state index contributed by atoms with van der Waals surface area (Å²) in [6.07, 6.45) is 1.80. The average molecular weight is 294 g/mol. The molecule has 0 fully saturated rings. The van der Waals surface area contributed by atoms with E-state index in [9.17, 15) is 4.79 Å². The number of benzene rings is 2. The minimum atomic E-state index is -0.493. The molecule has 0 aliphatic rings. The largest absolute Gasteiger partial charge is 0.309 e. The first-order valence-electron chi connectivity index (χ1n) is 6.62. The zero-order valence-corrected chi connectivity index (χ0v) is 12.1. The van der Waals surface area contributed by atoms with E-state index >= 15 is 0 Å². The molecule has 3 rings (SSSR count). The predicted octanol–water partition coefficient (Wildman–Crippen LogP) is 3.50. The number of rotatable bonds is 4. The first-order valence-corrected chi connectivity index (χ1v) is 7.50. The van der Waals surface area contributed by atoms with Crippen LogP contribution in [-0.2, 0) is 0 Å². The third-order valence-electron chi connectivity index (χ3n) is 3.34. The van der Waals surface area contributed by atoms with E-state index < -0.39 is 6.04 Å². The van der Waals surface area contributed by atoms with E-state index in [1.807, 2.05) is 66.0 Å². The SMILES string of the molecule is N=c1sccn1C(C(=O)c1ccccc1)c1ccccc1.